The molecule has 2 N–H and O–H groups in total. The predicted molar refractivity (Wildman–Crippen MR) is 80.5 cm³/mol. The number of aromatic amines is 1. The first kappa shape index (κ1) is 14.8. The second-order valence-electron chi connectivity index (χ2n) is 6.15. The maximum absolute atomic E-state index is 11.5. The Bertz CT molecular complexity index is 655. The van der Waals surface area contributed by atoms with E-state index in [4.69, 9.17) is 11.6 Å². The summed E-state index contributed by atoms with van der Waals surface area (Å²) in [6.45, 7) is 8.87. The van der Waals surface area contributed by atoms with Crippen LogP contribution in [0.15, 0.2) is 10.9 Å². The van der Waals surface area contributed by atoms with Crippen LogP contribution in [0.3, 0.4) is 0 Å². The van der Waals surface area contributed by atoms with Gasteiger partial charge in [-0.1, -0.05) is 20.8 Å². The molecule has 2 aromatic heterocycles. The van der Waals surface area contributed by atoms with Gasteiger partial charge in [0.2, 0.25) is 0 Å². The second kappa shape index (κ2) is 5.44. The zero-order valence-electron chi connectivity index (χ0n) is 12.2. The van der Waals surface area contributed by atoms with Gasteiger partial charge >= 0.3 is 5.69 Å². The molecule has 0 amide bonds. The molecule has 0 fully saturated rings. The molecule has 110 valence electrons. The number of anilines is 1. The van der Waals surface area contributed by atoms with Gasteiger partial charge in [0.05, 0.1) is 5.38 Å². The molecule has 2 aromatic rings. The number of alkyl halides is 1. The fraction of sp³-hybridized carbons (Fsp3) is 0.615. The Morgan fingerprint density at radius 1 is 1.50 bits per heavy atom. The summed E-state index contributed by atoms with van der Waals surface area (Å²) in [5.41, 5.74) is 0.461. The Balaban J connectivity index is 2.09. The van der Waals surface area contributed by atoms with Crippen molar-refractivity contribution in [1.29, 1.82) is 0 Å². The smallest absolute Gasteiger partial charge is 0.349 e. The van der Waals surface area contributed by atoms with Crippen LogP contribution < -0.4 is 11.0 Å². The zero-order valence-corrected chi connectivity index (χ0v) is 13.0. The van der Waals surface area contributed by atoms with Gasteiger partial charge in [-0.25, -0.2) is 19.3 Å². The lowest BCUT2D eigenvalue weighted by Gasteiger charge is -2.22. The van der Waals surface area contributed by atoms with Crippen molar-refractivity contribution < 1.29 is 0 Å². The molecule has 0 aliphatic heterocycles. The highest BCUT2D eigenvalue weighted by atomic mass is 35.5. The van der Waals surface area contributed by atoms with Gasteiger partial charge in [-0.2, -0.15) is 5.10 Å². The van der Waals surface area contributed by atoms with Crippen LogP contribution >= 0.6 is 11.6 Å². The molecule has 0 radical (unpaired) electrons. The Morgan fingerprint density at radius 3 is 2.85 bits per heavy atom. The van der Waals surface area contributed by atoms with Gasteiger partial charge in [0.25, 0.3) is 0 Å². The van der Waals surface area contributed by atoms with Gasteiger partial charge in [0, 0.05) is 12.6 Å². The number of rotatable bonds is 4. The first-order valence-corrected chi connectivity index (χ1v) is 7.02. The Morgan fingerprint density at radius 2 is 2.20 bits per heavy atom. The molecule has 20 heavy (non-hydrogen) atoms. The maximum atomic E-state index is 11.5. The highest BCUT2D eigenvalue weighted by Crippen LogP contribution is 2.23. The van der Waals surface area contributed by atoms with Crippen molar-refractivity contribution in [3.63, 3.8) is 0 Å². The summed E-state index contributed by atoms with van der Waals surface area (Å²) < 4.78 is 1.43. The van der Waals surface area contributed by atoms with E-state index in [1.165, 1.54) is 4.40 Å². The minimum absolute atomic E-state index is 0.0229. The minimum atomic E-state index is -0.278. The monoisotopic (exact) mass is 297 g/mol. The highest BCUT2D eigenvalue weighted by molar-refractivity contribution is 6.20. The van der Waals surface area contributed by atoms with E-state index in [2.05, 4.69) is 41.3 Å². The van der Waals surface area contributed by atoms with E-state index < -0.39 is 0 Å². The van der Waals surface area contributed by atoms with Crippen LogP contribution in [0, 0.1) is 12.3 Å². The summed E-state index contributed by atoms with van der Waals surface area (Å²) in [5, 5.41) is 9.56. The molecular weight excluding hydrogens is 278 g/mol. The Labute approximate surface area is 122 Å². The van der Waals surface area contributed by atoms with Crippen molar-refractivity contribution in [2.75, 3.05) is 11.9 Å². The number of fused-ring (bicyclic) bond motifs is 1. The first-order chi connectivity index (χ1) is 9.26. The van der Waals surface area contributed by atoms with Crippen molar-refractivity contribution in [3.05, 3.63) is 22.4 Å². The number of hydrogen-bond donors (Lipinski definition) is 2. The predicted octanol–water partition coefficient (Wildman–Crippen LogP) is 2.18. The summed E-state index contributed by atoms with van der Waals surface area (Å²) in [6.07, 6.45) is 0.907. The third-order valence-electron chi connectivity index (χ3n) is 2.91. The molecule has 2 rings (SSSR count). The highest BCUT2D eigenvalue weighted by Gasteiger charge is 2.17. The number of nitrogens with zero attached hydrogens (tertiary/aromatic N) is 3. The number of hydrogen-bond acceptors (Lipinski definition) is 4. The van der Waals surface area contributed by atoms with Gasteiger partial charge in [-0.05, 0) is 18.8 Å². The maximum Gasteiger partial charge on any atom is 0.349 e. The van der Waals surface area contributed by atoms with Crippen LogP contribution in [-0.4, -0.2) is 31.5 Å². The molecule has 6 nitrogen and oxygen atoms in total. The van der Waals surface area contributed by atoms with Crippen molar-refractivity contribution in [1.82, 2.24) is 19.6 Å². The van der Waals surface area contributed by atoms with Gasteiger partial charge in [0.15, 0.2) is 5.65 Å². The lowest BCUT2D eigenvalue weighted by molar-refractivity contribution is 0.373. The van der Waals surface area contributed by atoms with Crippen LogP contribution in [0.5, 0.6) is 0 Å². The molecule has 0 aliphatic rings. The lowest BCUT2D eigenvalue weighted by Crippen LogP contribution is -2.21. The van der Waals surface area contributed by atoms with E-state index in [1.807, 2.05) is 0 Å². The third kappa shape index (κ3) is 3.50. The summed E-state index contributed by atoms with van der Waals surface area (Å²) >= 11 is 6.31. The zero-order chi connectivity index (χ0) is 14.9. The number of nitrogens with one attached hydrogen (secondary N) is 2. The average Bonchev–Trinajstić information content (AvgIpc) is 2.66. The van der Waals surface area contributed by atoms with E-state index in [1.54, 1.807) is 13.0 Å². The molecule has 0 saturated heterocycles. The van der Waals surface area contributed by atoms with Gasteiger partial charge in [-0.3, -0.25) is 0 Å². The van der Waals surface area contributed by atoms with Crippen molar-refractivity contribution >= 4 is 23.1 Å². The quantitative estimate of drug-likeness (QED) is 0.848. The van der Waals surface area contributed by atoms with E-state index >= 15 is 0 Å². The van der Waals surface area contributed by atoms with E-state index in [-0.39, 0.29) is 16.5 Å². The molecule has 7 heteroatoms. The average molecular weight is 298 g/mol. The SMILES string of the molecule is Cc1nc(NCC(Cl)CC(C)(C)C)cc2n[nH]c(=O)n12. The molecule has 0 spiro atoms. The van der Waals surface area contributed by atoms with E-state index in [9.17, 15) is 4.79 Å². The fourth-order valence-corrected chi connectivity index (χ4v) is 2.68. The second-order valence-corrected chi connectivity index (χ2v) is 6.77. The normalized spacial score (nSPS) is 13.7. The van der Waals surface area contributed by atoms with Crippen LogP contribution in [0.1, 0.15) is 33.0 Å². The number of H-pyrrole nitrogens is 1. The number of aryl methyl sites for hydroxylation is 1. The first-order valence-electron chi connectivity index (χ1n) is 6.59. The number of halogens is 1. The molecule has 1 unspecified atom stereocenters. The summed E-state index contributed by atoms with van der Waals surface area (Å²) in [5.74, 6) is 1.26. The van der Waals surface area contributed by atoms with Crippen LogP contribution in [0.25, 0.3) is 5.65 Å². The standard InChI is InChI=1S/C13H20ClN5O/c1-8-16-10(5-11-17-18-12(20)19(8)11)15-7-9(14)6-13(2,3)4/h5,9,15H,6-7H2,1-4H3,(H,18,20). The van der Waals surface area contributed by atoms with Crippen LogP contribution in [0.4, 0.5) is 5.82 Å². The molecule has 0 aliphatic carbocycles. The Kier molecular flexibility index (Phi) is 4.04. The number of aromatic nitrogens is 4. The van der Waals surface area contributed by atoms with Crippen molar-refractivity contribution in [3.8, 4) is 0 Å². The van der Waals surface area contributed by atoms with Gasteiger partial charge in [0.1, 0.15) is 11.6 Å². The van der Waals surface area contributed by atoms with Crippen LogP contribution in [-0.2, 0) is 0 Å². The van der Waals surface area contributed by atoms with E-state index in [0.717, 1.165) is 6.42 Å². The largest absolute Gasteiger partial charge is 0.368 e. The lowest BCUT2D eigenvalue weighted by atomic mass is 9.90. The molecule has 0 aromatic carbocycles. The summed E-state index contributed by atoms with van der Waals surface area (Å²) in [6, 6.07) is 1.73. The third-order valence-corrected chi connectivity index (χ3v) is 3.22. The molecule has 0 saturated carbocycles. The molecular formula is C13H20ClN5O. The van der Waals surface area contributed by atoms with Crippen LogP contribution in [0.2, 0.25) is 0 Å². The van der Waals surface area contributed by atoms with Crippen molar-refractivity contribution in [2.24, 2.45) is 5.41 Å². The molecule has 2 heterocycles. The van der Waals surface area contributed by atoms with E-state index in [0.29, 0.717) is 23.8 Å². The summed E-state index contributed by atoms with van der Waals surface area (Å²) in [4.78, 5) is 15.8. The minimum Gasteiger partial charge on any atom is -0.368 e. The summed E-state index contributed by atoms with van der Waals surface area (Å²) in [7, 11) is 0. The molecule has 1 atom stereocenters. The Hall–Kier alpha value is -1.56. The van der Waals surface area contributed by atoms with Crippen molar-refractivity contribution in [2.45, 2.75) is 39.5 Å². The molecule has 0 bridgehead atoms. The van der Waals surface area contributed by atoms with Gasteiger partial charge < -0.3 is 5.32 Å². The fourth-order valence-electron chi connectivity index (χ4n) is 2.14. The van der Waals surface area contributed by atoms with Gasteiger partial charge in [-0.15, -0.1) is 11.6 Å². The topological polar surface area (TPSA) is 75.1 Å².